The highest BCUT2D eigenvalue weighted by molar-refractivity contribution is 5.87. The van der Waals surface area contributed by atoms with Crippen LogP contribution < -0.4 is 5.73 Å². The first-order chi connectivity index (χ1) is 9.25. The highest BCUT2D eigenvalue weighted by atomic mass is 16.5. The zero-order valence-electron chi connectivity index (χ0n) is 13.1. The Kier molecular flexibility index (Phi) is 5.57. The van der Waals surface area contributed by atoms with Crippen molar-refractivity contribution in [3.8, 4) is 0 Å². The molecule has 0 fully saturated rings. The van der Waals surface area contributed by atoms with Crippen molar-refractivity contribution >= 4 is 11.6 Å². The van der Waals surface area contributed by atoms with E-state index in [0.29, 0.717) is 18.8 Å². The first kappa shape index (κ1) is 16.5. The molecule has 0 aliphatic heterocycles. The van der Waals surface area contributed by atoms with Gasteiger partial charge in [-0.2, -0.15) is 0 Å². The predicted octanol–water partition coefficient (Wildman–Crippen LogP) is 2.43. The average Bonchev–Trinajstić information content (AvgIpc) is 2.37. The normalized spacial score (nSPS) is 11.7. The van der Waals surface area contributed by atoms with Gasteiger partial charge in [0.2, 0.25) is 5.91 Å². The zero-order chi connectivity index (χ0) is 15.3. The maximum Gasteiger partial charge on any atom is 0.232 e. The maximum atomic E-state index is 12.6. The lowest BCUT2D eigenvalue weighted by Crippen LogP contribution is -2.42. The Bertz CT molecular complexity index is 438. The number of carbonyl (C=O) groups excluding carboxylic acids is 1. The zero-order valence-corrected chi connectivity index (χ0v) is 13.1. The Morgan fingerprint density at radius 3 is 2.35 bits per heavy atom. The molecule has 1 rings (SSSR count). The van der Waals surface area contributed by atoms with Crippen molar-refractivity contribution in [3.63, 3.8) is 0 Å². The minimum atomic E-state index is -0.569. The van der Waals surface area contributed by atoms with E-state index in [-0.39, 0.29) is 12.0 Å². The van der Waals surface area contributed by atoms with Crippen LogP contribution in [0.15, 0.2) is 24.3 Å². The fourth-order valence-electron chi connectivity index (χ4n) is 2.03. The van der Waals surface area contributed by atoms with Crippen LogP contribution in [0.2, 0.25) is 0 Å². The summed E-state index contributed by atoms with van der Waals surface area (Å²) in [5.41, 5.74) is 6.79. The van der Waals surface area contributed by atoms with Crippen molar-refractivity contribution in [1.29, 1.82) is 0 Å². The van der Waals surface area contributed by atoms with E-state index in [9.17, 15) is 4.79 Å². The van der Waals surface area contributed by atoms with Crippen LogP contribution in [0.1, 0.15) is 33.3 Å². The molecule has 1 aromatic carbocycles. The summed E-state index contributed by atoms with van der Waals surface area (Å²) in [6.45, 7) is 8.98. The highest BCUT2D eigenvalue weighted by Crippen LogP contribution is 2.26. The van der Waals surface area contributed by atoms with Crippen molar-refractivity contribution in [2.45, 2.75) is 39.2 Å². The summed E-state index contributed by atoms with van der Waals surface area (Å²) in [5, 5.41) is 0. The second-order valence-corrected chi connectivity index (χ2v) is 5.89. The van der Waals surface area contributed by atoms with Gasteiger partial charge in [-0.25, -0.2) is 0 Å². The second-order valence-electron chi connectivity index (χ2n) is 5.89. The lowest BCUT2D eigenvalue weighted by Gasteiger charge is -2.30. The standard InChI is InChI=1S/C16H26N2O2/c1-12(2)20-11-10-18(5)15(19)16(3,4)13-6-8-14(17)9-7-13/h6-9,12H,10-11,17H2,1-5H3. The Hall–Kier alpha value is -1.55. The summed E-state index contributed by atoms with van der Waals surface area (Å²) in [6.07, 6.45) is 0.184. The van der Waals surface area contributed by atoms with Crippen LogP contribution in [0, 0.1) is 0 Å². The number of amides is 1. The summed E-state index contributed by atoms with van der Waals surface area (Å²) in [5.74, 6) is 0.0784. The number of likely N-dealkylation sites (N-methyl/N-ethyl adjacent to an activating group) is 1. The number of hydrogen-bond acceptors (Lipinski definition) is 3. The summed E-state index contributed by atoms with van der Waals surface area (Å²) in [7, 11) is 1.81. The molecule has 0 radical (unpaired) electrons. The number of nitrogen functional groups attached to an aromatic ring is 1. The van der Waals surface area contributed by atoms with Gasteiger partial charge in [-0.1, -0.05) is 12.1 Å². The number of rotatable bonds is 6. The lowest BCUT2D eigenvalue weighted by molar-refractivity contribution is -0.135. The number of nitrogens with two attached hydrogens (primary N) is 1. The minimum absolute atomic E-state index is 0.0784. The van der Waals surface area contributed by atoms with Crippen LogP contribution in [-0.2, 0) is 14.9 Å². The molecule has 0 atom stereocenters. The molecule has 0 spiro atoms. The number of benzene rings is 1. The molecule has 2 N–H and O–H groups in total. The summed E-state index contributed by atoms with van der Waals surface area (Å²) < 4.78 is 5.49. The minimum Gasteiger partial charge on any atom is -0.399 e. The second kappa shape index (κ2) is 6.75. The van der Waals surface area contributed by atoms with Gasteiger partial charge in [0.15, 0.2) is 0 Å². The molecule has 4 heteroatoms. The number of nitrogens with zero attached hydrogens (tertiary/aromatic N) is 1. The van der Waals surface area contributed by atoms with Crippen molar-refractivity contribution in [1.82, 2.24) is 4.90 Å². The summed E-state index contributed by atoms with van der Waals surface area (Å²) >= 11 is 0. The van der Waals surface area contributed by atoms with Gasteiger partial charge in [-0.15, -0.1) is 0 Å². The molecule has 0 aromatic heterocycles. The SMILES string of the molecule is CC(C)OCCN(C)C(=O)C(C)(C)c1ccc(N)cc1. The molecule has 0 saturated carbocycles. The number of anilines is 1. The number of hydrogen-bond donors (Lipinski definition) is 1. The van der Waals surface area contributed by atoms with E-state index < -0.39 is 5.41 Å². The third kappa shape index (κ3) is 4.23. The highest BCUT2D eigenvalue weighted by Gasteiger charge is 2.32. The van der Waals surface area contributed by atoms with Crippen LogP contribution in [0.25, 0.3) is 0 Å². The fourth-order valence-corrected chi connectivity index (χ4v) is 2.03. The van der Waals surface area contributed by atoms with E-state index in [2.05, 4.69) is 0 Å². The first-order valence-electron chi connectivity index (χ1n) is 6.98. The molecule has 0 aliphatic rings. The Morgan fingerprint density at radius 1 is 1.30 bits per heavy atom. The van der Waals surface area contributed by atoms with E-state index >= 15 is 0 Å². The van der Waals surface area contributed by atoms with Crippen molar-refractivity contribution in [2.75, 3.05) is 25.9 Å². The van der Waals surface area contributed by atoms with Gasteiger partial charge in [-0.05, 0) is 45.4 Å². The molecule has 1 amide bonds. The van der Waals surface area contributed by atoms with Crippen LogP contribution in [0.5, 0.6) is 0 Å². The Morgan fingerprint density at radius 2 is 1.85 bits per heavy atom. The molecule has 112 valence electrons. The first-order valence-corrected chi connectivity index (χ1v) is 6.98. The Balaban J connectivity index is 2.70. The largest absolute Gasteiger partial charge is 0.399 e. The van der Waals surface area contributed by atoms with E-state index in [1.807, 2.05) is 59.0 Å². The van der Waals surface area contributed by atoms with E-state index in [4.69, 9.17) is 10.5 Å². The molecule has 0 saturated heterocycles. The van der Waals surface area contributed by atoms with Crippen molar-refractivity contribution in [2.24, 2.45) is 0 Å². The van der Waals surface area contributed by atoms with Crippen LogP contribution in [0.3, 0.4) is 0 Å². The molecule has 0 bridgehead atoms. The quantitative estimate of drug-likeness (QED) is 0.813. The molecule has 0 unspecified atom stereocenters. The van der Waals surface area contributed by atoms with Crippen molar-refractivity contribution in [3.05, 3.63) is 29.8 Å². The van der Waals surface area contributed by atoms with Gasteiger partial charge in [0, 0.05) is 19.3 Å². The Labute approximate surface area is 121 Å². The molecule has 0 heterocycles. The summed E-state index contributed by atoms with van der Waals surface area (Å²) in [6, 6.07) is 7.47. The smallest absolute Gasteiger partial charge is 0.232 e. The van der Waals surface area contributed by atoms with E-state index in [1.165, 1.54) is 0 Å². The topological polar surface area (TPSA) is 55.6 Å². The van der Waals surface area contributed by atoms with Crippen LogP contribution in [0.4, 0.5) is 5.69 Å². The number of carbonyl (C=O) groups is 1. The van der Waals surface area contributed by atoms with Gasteiger partial charge in [0.25, 0.3) is 0 Å². The third-order valence-electron chi connectivity index (χ3n) is 3.39. The number of ether oxygens (including phenoxy) is 1. The van der Waals surface area contributed by atoms with E-state index in [0.717, 1.165) is 5.56 Å². The fraction of sp³-hybridized carbons (Fsp3) is 0.562. The van der Waals surface area contributed by atoms with Gasteiger partial charge >= 0.3 is 0 Å². The molecular weight excluding hydrogens is 252 g/mol. The molecule has 20 heavy (non-hydrogen) atoms. The molecule has 1 aromatic rings. The van der Waals surface area contributed by atoms with Gasteiger partial charge in [0.05, 0.1) is 18.1 Å². The molecule has 0 aliphatic carbocycles. The van der Waals surface area contributed by atoms with Gasteiger partial charge in [0.1, 0.15) is 0 Å². The van der Waals surface area contributed by atoms with E-state index in [1.54, 1.807) is 4.90 Å². The monoisotopic (exact) mass is 278 g/mol. The molecular formula is C16H26N2O2. The lowest BCUT2D eigenvalue weighted by atomic mass is 9.83. The average molecular weight is 278 g/mol. The van der Waals surface area contributed by atoms with Crippen LogP contribution in [-0.4, -0.2) is 37.1 Å². The van der Waals surface area contributed by atoms with Gasteiger partial charge < -0.3 is 15.4 Å². The maximum absolute atomic E-state index is 12.6. The molecule has 4 nitrogen and oxygen atoms in total. The van der Waals surface area contributed by atoms with Crippen LogP contribution >= 0.6 is 0 Å². The summed E-state index contributed by atoms with van der Waals surface area (Å²) in [4.78, 5) is 14.3. The van der Waals surface area contributed by atoms with Gasteiger partial charge in [-0.3, -0.25) is 4.79 Å². The third-order valence-corrected chi connectivity index (χ3v) is 3.39. The van der Waals surface area contributed by atoms with Crippen molar-refractivity contribution < 1.29 is 9.53 Å². The predicted molar refractivity (Wildman–Crippen MR) is 82.6 cm³/mol.